The van der Waals surface area contributed by atoms with E-state index in [1.165, 1.54) is 11.0 Å². The van der Waals surface area contributed by atoms with Crippen molar-refractivity contribution in [3.63, 3.8) is 0 Å². The molecule has 3 saturated heterocycles. The predicted molar refractivity (Wildman–Crippen MR) is 117 cm³/mol. The van der Waals surface area contributed by atoms with Gasteiger partial charge in [0.05, 0.1) is 41.8 Å². The highest BCUT2D eigenvalue weighted by Crippen LogP contribution is 2.45. The minimum Gasteiger partial charge on any atom is -0.389 e. The molecule has 4 fully saturated rings. The molecule has 3 aliphatic heterocycles. The summed E-state index contributed by atoms with van der Waals surface area (Å²) in [6.07, 6.45) is -2.37. The third-order valence-electron chi connectivity index (χ3n) is 6.68. The van der Waals surface area contributed by atoms with Gasteiger partial charge in [-0.05, 0) is 68.1 Å². The second-order valence-electron chi connectivity index (χ2n) is 8.71. The number of hydrogen-bond acceptors (Lipinski definition) is 4. The minimum absolute atomic E-state index is 0.0709. The SMILES string of the molecule is O=C1C2CCC(CC2)N1c1ccc(N2CC(O)CN2c2ccc(Cl)cc2)cc1C(F)(F)F. The molecule has 32 heavy (non-hydrogen) atoms. The topological polar surface area (TPSA) is 47.0 Å². The highest BCUT2D eigenvalue weighted by atomic mass is 35.5. The summed E-state index contributed by atoms with van der Waals surface area (Å²) in [6, 6.07) is 10.8. The zero-order chi connectivity index (χ0) is 22.6. The summed E-state index contributed by atoms with van der Waals surface area (Å²) >= 11 is 5.96. The van der Waals surface area contributed by atoms with Crippen molar-refractivity contribution in [1.82, 2.24) is 0 Å². The Labute approximate surface area is 188 Å². The number of nitrogens with zero attached hydrogens (tertiary/aromatic N) is 3. The highest BCUT2D eigenvalue weighted by molar-refractivity contribution is 6.30. The van der Waals surface area contributed by atoms with Gasteiger partial charge in [-0.3, -0.25) is 14.8 Å². The molecule has 0 radical (unpaired) electrons. The normalized spacial score (nSPS) is 25.7. The fraction of sp³-hybridized carbons (Fsp3) is 0.435. The van der Waals surface area contributed by atoms with Gasteiger partial charge in [0.25, 0.3) is 0 Å². The molecule has 1 N–H and O–H groups in total. The molecule has 170 valence electrons. The van der Waals surface area contributed by atoms with Gasteiger partial charge < -0.3 is 10.0 Å². The van der Waals surface area contributed by atoms with Gasteiger partial charge in [-0.15, -0.1) is 0 Å². The maximum absolute atomic E-state index is 14.1. The van der Waals surface area contributed by atoms with E-state index in [0.717, 1.165) is 31.7 Å². The molecule has 1 unspecified atom stereocenters. The average Bonchev–Trinajstić information content (AvgIpc) is 3.16. The number of aliphatic hydroxyl groups is 1. The van der Waals surface area contributed by atoms with Gasteiger partial charge >= 0.3 is 6.18 Å². The van der Waals surface area contributed by atoms with E-state index in [2.05, 4.69) is 0 Å². The van der Waals surface area contributed by atoms with Crippen LogP contribution in [0.25, 0.3) is 0 Å². The van der Waals surface area contributed by atoms with E-state index in [-0.39, 0.29) is 36.6 Å². The van der Waals surface area contributed by atoms with E-state index < -0.39 is 17.8 Å². The van der Waals surface area contributed by atoms with Crippen LogP contribution in [-0.2, 0) is 11.0 Å². The quantitative estimate of drug-likeness (QED) is 0.702. The van der Waals surface area contributed by atoms with Crippen LogP contribution in [0, 0.1) is 5.92 Å². The van der Waals surface area contributed by atoms with Gasteiger partial charge in [0, 0.05) is 17.0 Å². The number of hydrogen-bond donors (Lipinski definition) is 1. The Morgan fingerprint density at radius 3 is 2.09 bits per heavy atom. The van der Waals surface area contributed by atoms with Gasteiger partial charge in [0.2, 0.25) is 5.91 Å². The lowest BCUT2D eigenvalue weighted by Crippen LogP contribution is -2.53. The second kappa shape index (κ2) is 7.85. The second-order valence-corrected chi connectivity index (χ2v) is 9.14. The fourth-order valence-corrected chi connectivity index (χ4v) is 5.28. The van der Waals surface area contributed by atoms with Crippen molar-refractivity contribution >= 4 is 34.6 Å². The first-order chi connectivity index (χ1) is 15.2. The number of anilines is 3. The molecular formula is C23H23ClF3N3O2. The van der Waals surface area contributed by atoms with Crippen molar-refractivity contribution in [2.75, 3.05) is 28.0 Å². The lowest BCUT2D eigenvalue weighted by atomic mass is 9.78. The summed E-state index contributed by atoms with van der Waals surface area (Å²) in [6.45, 7) is 0.408. The summed E-state index contributed by atoms with van der Waals surface area (Å²) in [5.41, 5.74) is 0.126. The largest absolute Gasteiger partial charge is 0.418 e. The van der Waals surface area contributed by atoms with Crippen LogP contribution in [0.2, 0.25) is 5.02 Å². The van der Waals surface area contributed by atoms with Gasteiger partial charge in [-0.2, -0.15) is 13.2 Å². The lowest BCUT2D eigenvalue weighted by Gasteiger charge is -2.45. The van der Waals surface area contributed by atoms with Crippen LogP contribution in [0.3, 0.4) is 0 Å². The summed E-state index contributed by atoms with van der Waals surface area (Å²) < 4.78 is 42.4. The molecule has 2 bridgehead atoms. The van der Waals surface area contributed by atoms with Crippen LogP contribution in [0.4, 0.5) is 30.2 Å². The number of rotatable bonds is 3. The molecule has 1 atom stereocenters. The summed E-state index contributed by atoms with van der Waals surface area (Å²) in [7, 11) is 0. The number of piperidine rings is 2. The Bertz CT molecular complexity index is 1020. The third-order valence-corrected chi connectivity index (χ3v) is 6.93. The molecular weight excluding hydrogens is 443 g/mol. The molecule has 4 aliphatic rings. The highest BCUT2D eigenvalue weighted by Gasteiger charge is 2.45. The van der Waals surface area contributed by atoms with Crippen molar-refractivity contribution < 1.29 is 23.1 Å². The smallest absolute Gasteiger partial charge is 0.389 e. The van der Waals surface area contributed by atoms with Crippen LogP contribution in [0.1, 0.15) is 31.2 Å². The van der Waals surface area contributed by atoms with Crippen LogP contribution in [0.15, 0.2) is 42.5 Å². The Kier molecular flexibility index (Phi) is 5.25. The maximum atomic E-state index is 14.1. The van der Waals surface area contributed by atoms with Gasteiger partial charge in [0.15, 0.2) is 0 Å². The number of hydrazine groups is 1. The Balaban J connectivity index is 1.54. The van der Waals surface area contributed by atoms with Crippen molar-refractivity contribution in [1.29, 1.82) is 0 Å². The number of alkyl halides is 3. The first-order valence-electron chi connectivity index (χ1n) is 10.8. The molecule has 6 rings (SSSR count). The molecule has 2 aromatic rings. The number of fused-ring (bicyclic) bond motifs is 3. The zero-order valence-corrected chi connectivity index (χ0v) is 18.0. The van der Waals surface area contributed by atoms with E-state index in [1.54, 1.807) is 40.3 Å². The van der Waals surface area contributed by atoms with Crippen LogP contribution >= 0.6 is 11.6 Å². The molecule has 0 aromatic heterocycles. The first-order valence-corrected chi connectivity index (χ1v) is 11.1. The molecule has 1 amide bonds. The van der Waals surface area contributed by atoms with Crippen molar-refractivity contribution in [3.8, 4) is 0 Å². The maximum Gasteiger partial charge on any atom is 0.418 e. The van der Waals surface area contributed by atoms with E-state index in [4.69, 9.17) is 11.6 Å². The van der Waals surface area contributed by atoms with E-state index in [1.807, 2.05) is 0 Å². The lowest BCUT2D eigenvalue weighted by molar-refractivity contribution is -0.137. The first kappa shape index (κ1) is 21.4. The van der Waals surface area contributed by atoms with Crippen molar-refractivity contribution in [2.45, 2.75) is 44.0 Å². The summed E-state index contributed by atoms with van der Waals surface area (Å²) in [5, 5.41) is 14.2. The average molecular weight is 466 g/mol. The number of aliphatic hydroxyl groups excluding tert-OH is 1. The number of β-amino-alcohol motifs (C(OH)–C–C–N with tert-alkyl or cyclic N) is 1. The molecule has 5 nitrogen and oxygen atoms in total. The monoisotopic (exact) mass is 465 g/mol. The molecule has 9 heteroatoms. The number of amides is 1. The molecule has 1 saturated carbocycles. The van der Waals surface area contributed by atoms with Crippen molar-refractivity contribution in [3.05, 3.63) is 53.1 Å². The Hall–Kier alpha value is -2.45. The number of halogens is 4. The van der Waals surface area contributed by atoms with Crippen molar-refractivity contribution in [2.24, 2.45) is 5.92 Å². The van der Waals surface area contributed by atoms with Crippen LogP contribution < -0.4 is 14.9 Å². The Morgan fingerprint density at radius 1 is 0.906 bits per heavy atom. The van der Waals surface area contributed by atoms with Crippen LogP contribution in [-0.4, -0.2) is 36.2 Å². The molecule has 0 spiro atoms. The minimum atomic E-state index is -4.62. The van der Waals surface area contributed by atoms with Gasteiger partial charge in [-0.25, -0.2) is 0 Å². The number of carbonyl (C=O) groups excluding carboxylic acids is 1. The van der Waals surface area contributed by atoms with Gasteiger partial charge in [0.1, 0.15) is 0 Å². The van der Waals surface area contributed by atoms with E-state index in [9.17, 15) is 23.1 Å². The molecule has 1 aliphatic carbocycles. The van der Waals surface area contributed by atoms with Crippen LogP contribution in [0.5, 0.6) is 0 Å². The van der Waals surface area contributed by atoms with E-state index >= 15 is 0 Å². The standard InChI is InChI=1S/C23H23ClF3N3O2/c24-15-3-7-16(8-4-15)28-12-19(31)13-29(28)18-9-10-21(20(11-18)23(25,26)27)30-17-5-1-14(2-6-17)22(30)32/h3-4,7-11,14,17,19,31H,1-2,5-6,12-13H2. The summed E-state index contributed by atoms with van der Waals surface area (Å²) in [4.78, 5) is 14.2. The number of carbonyl (C=O) groups is 1. The Morgan fingerprint density at radius 2 is 1.50 bits per heavy atom. The summed E-state index contributed by atoms with van der Waals surface area (Å²) in [5.74, 6) is -0.389. The predicted octanol–water partition coefficient (Wildman–Crippen LogP) is 4.87. The fourth-order valence-electron chi connectivity index (χ4n) is 5.15. The number of benzene rings is 2. The molecule has 3 heterocycles. The third kappa shape index (κ3) is 3.69. The van der Waals surface area contributed by atoms with Gasteiger partial charge in [-0.1, -0.05) is 11.6 Å². The molecule has 2 aromatic carbocycles. The van der Waals surface area contributed by atoms with E-state index in [0.29, 0.717) is 16.4 Å². The zero-order valence-electron chi connectivity index (χ0n) is 17.2.